The smallest absolute Gasteiger partial charge is 0.188 e. The van der Waals surface area contributed by atoms with Crippen LogP contribution in [0.5, 0.6) is 5.75 Å². The second-order valence-electron chi connectivity index (χ2n) is 8.71. The second kappa shape index (κ2) is 11.6. The van der Waals surface area contributed by atoms with E-state index in [1.807, 2.05) is 0 Å². The average Bonchev–Trinajstić information content (AvgIpc) is 2.79. The number of rotatable bonds is 11. The SMILES string of the molecule is CCC(C)(Pc1ccccc1CN(C)C)c1cccc(Cc2ccccc2)c1OCOC. The molecule has 0 fully saturated rings. The number of hydrogen-bond acceptors (Lipinski definition) is 3. The largest absolute Gasteiger partial charge is 0.467 e. The zero-order valence-electron chi connectivity index (χ0n) is 20.0. The maximum atomic E-state index is 6.24. The predicted octanol–water partition coefficient (Wildman–Crippen LogP) is 5.95. The van der Waals surface area contributed by atoms with Crippen molar-refractivity contribution < 1.29 is 9.47 Å². The van der Waals surface area contributed by atoms with Crippen molar-refractivity contribution in [2.75, 3.05) is 28.0 Å². The molecule has 3 nitrogen and oxygen atoms in total. The van der Waals surface area contributed by atoms with Gasteiger partial charge in [-0.15, -0.1) is 0 Å². The molecule has 0 bridgehead atoms. The highest BCUT2D eigenvalue weighted by Gasteiger charge is 2.30. The summed E-state index contributed by atoms with van der Waals surface area (Å²) in [5, 5.41) is 1.40. The zero-order valence-corrected chi connectivity index (χ0v) is 21.0. The summed E-state index contributed by atoms with van der Waals surface area (Å²) >= 11 is 0. The van der Waals surface area contributed by atoms with Crippen molar-refractivity contribution in [3.05, 3.63) is 95.1 Å². The summed E-state index contributed by atoms with van der Waals surface area (Å²) in [6.45, 7) is 5.85. The minimum absolute atomic E-state index is 0.0296. The summed E-state index contributed by atoms with van der Waals surface area (Å²) in [5.41, 5.74) is 5.15. The van der Waals surface area contributed by atoms with Crippen LogP contribution in [0.4, 0.5) is 0 Å². The third kappa shape index (κ3) is 6.19. The molecule has 3 aromatic carbocycles. The van der Waals surface area contributed by atoms with Gasteiger partial charge in [0.05, 0.1) is 0 Å². The first-order chi connectivity index (χ1) is 15.5. The first kappa shape index (κ1) is 24.5. The van der Waals surface area contributed by atoms with Gasteiger partial charge in [0.1, 0.15) is 5.75 Å². The van der Waals surface area contributed by atoms with Crippen LogP contribution in [0.1, 0.15) is 42.5 Å². The van der Waals surface area contributed by atoms with Gasteiger partial charge in [-0.1, -0.05) is 95.2 Å². The molecular formula is C28H36NO2P. The molecular weight excluding hydrogens is 413 g/mol. The molecule has 3 rings (SSSR count). The lowest BCUT2D eigenvalue weighted by Crippen LogP contribution is -2.23. The van der Waals surface area contributed by atoms with Gasteiger partial charge >= 0.3 is 0 Å². The minimum atomic E-state index is -0.0296. The standard InChI is InChI=1S/C28H36NO2P/c1-6-28(2,32-26-18-11-10-15-24(26)20-29(3)4)25-17-12-16-23(27(25)31-21-30-5)19-22-13-8-7-9-14-22/h7-18,32H,6,19-21H2,1-5H3. The van der Waals surface area contributed by atoms with Crippen LogP contribution in [0.25, 0.3) is 0 Å². The van der Waals surface area contributed by atoms with E-state index in [0.717, 1.165) is 25.1 Å². The lowest BCUT2D eigenvalue weighted by atomic mass is 9.92. The van der Waals surface area contributed by atoms with Crippen molar-refractivity contribution in [2.24, 2.45) is 0 Å². The van der Waals surface area contributed by atoms with Gasteiger partial charge in [-0.2, -0.15) is 0 Å². The predicted molar refractivity (Wildman–Crippen MR) is 138 cm³/mol. The van der Waals surface area contributed by atoms with Gasteiger partial charge in [-0.05, 0) is 42.5 Å². The Labute approximate surface area is 195 Å². The molecule has 0 saturated heterocycles. The van der Waals surface area contributed by atoms with E-state index in [0.29, 0.717) is 8.58 Å². The van der Waals surface area contributed by atoms with Crippen LogP contribution in [-0.4, -0.2) is 32.9 Å². The Morgan fingerprint density at radius 2 is 1.56 bits per heavy atom. The Balaban J connectivity index is 2.02. The van der Waals surface area contributed by atoms with Gasteiger partial charge in [0.2, 0.25) is 0 Å². The summed E-state index contributed by atoms with van der Waals surface area (Å²) in [6, 6.07) is 26.0. The molecule has 0 saturated carbocycles. The van der Waals surface area contributed by atoms with Crippen LogP contribution < -0.4 is 10.0 Å². The zero-order chi connectivity index (χ0) is 23.0. The maximum absolute atomic E-state index is 6.24. The summed E-state index contributed by atoms with van der Waals surface area (Å²) in [6.07, 6.45) is 1.87. The lowest BCUT2D eigenvalue weighted by molar-refractivity contribution is 0.0494. The molecule has 4 heteroatoms. The van der Waals surface area contributed by atoms with E-state index >= 15 is 0 Å². The van der Waals surface area contributed by atoms with Crippen LogP contribution in [0, 0.1) is 0 Å². The van der Waals surface area contributed by atoms with Crippen LogP contribution in [0.3, 0.4) is 0 Å². The molecule has 0 amide bonds. The first-order valence-corrected chi connectivity index (χ1v) is 12.3. The van der Waals surface area contributed by atoms with E-state index < -0.39 is 0 Å². The normalized spacial score (nSPS) is 13.6. The van der Waals surface area contributed by atoms with Gasteiger partial charge in [0.25, 0.3) is 0 Å². The Morgan fingerprint density at radius 1 is 0.875 bits per heavy atom. The summed E-state index contributed by atoms with van der Waals surface area (Å²) in [5.74, 6) is 0.972. The fraction of sp³-hybridized carbons (Fsp3) is 0.357. The van der Waals surface area contributed by atoms with Crippen LogP contribution >= 0.6 is 8.58 Å². The van der Waals surface area contributed by atoms with E-state index in [4.69, 9.17) is 9.47 Å². The summed E-state index contributed by atoms with van der Waals surface area (Å²) < 4.78 is 11.6. The van der Waals surface area contributed by atoms with Crippen LogP contribution in [-0.2, 0) is 22.9 Å². The van der Waals surface area contributed by atoms with Gasteiger partial charge < -0.3 is 14.4 Å². The van der Waals surface area contributed by atoms with Crippen molar-refractivity contribution in [3.63, 3.8) is 0 Å². The highest BCUT2D eigenvalue weighted by atomic mass is 31.1. The molecule has 2 atom stereocenters. The van der Waals surface area contributed by atoms with Crippen molar-refractivity contribution in [1.82, 2.24) is 4.90 Å². The molecule has 0 spiro atoms. The molecule has 0 aliphatic carbocycles. The molecule has 0 heterocycles. The van der Waals surface area contributed by atoms with E-state index in [2.05, 4.69) is 106 Å². The van der Waals surface area contributed by atoms with E-state index in [-0.39, 0.29) is 11.9 Å². The molecule has 0 aliphatic rings. The fourth-order valence-electron chi connectivity index (χ4n) is 4.03. The van der Waals surface area contributed by atoms with Gasteiger partial charge in [-0.3, -0.25) is 0 Å². The number of hydrogen-bond donors (Lipinski definition) is 0. The van der Waals surface area contributed by atoms with Crippen molar-refractivity contribution in [3.8, 4) is 5.75 Å². The highest BCUT2D eigenvalue weighted by Crippen LogP contribution is 2.48. The molecule has 0 aromatic heterocycles. The third-order valence-corrected chi connectivity index (χ3v) is 7.80. The molecule has 3 aromatic rings. The van der Waals surface area contributed by atoms with Crippen molar-refractivity contribution in [1.29, 1.82) is 0 Å². The van der Waals surface area contributed by atoms with Crippen LogP contribution in [0.2, 0.25) is 0 Å². The molecule has 2 unspecified atom stereocenters. The number of para-hydroxylation sites is 1. The van der Waals surface area contributed by atoms with Gasteiger partial charge in [0.15, 0.2) is 6.79 Å². The van der Waals surface area contributed by atoms with Crippen LogP contribution in [0.15, 0.2) is 72.8 Å². The summed E-state index contributed by atoms with van der Waals surface area (Å²) in [7, 11) is 6.58. The van der Waals surface area contributed by atoms with Crippen molar-refractivity contribution in [2.45, 2.75) is 38.4 Å². The monoisotopic (exact) mass is 449 g/mol. The number of nitrogens with zero attached hydrogens (tertiary/aromatic N) is 1. The minimum Gasteiger partial charge on any atom is -0.467 e. The Bertz CT molecular complexity index is 990. The van der Waals surface area contributed by atoms with E-state index in [1.54, 1.807) is 7.11 Å². The van der Waals surface area contributed by atoms with Gasteiger partial charge in [0, 0.05) is 30.8 Å². The number of ether oxygens (including phenoxy) is 2. The first-order valence-electron chi connectivity index (χ1n) is 11.3. The lowest BCUT2D eigenvalue weighted by Gasteiger charge is -2.33. The quantitative estimate of drug-likeness (QED) is 0.267. The van der Waals surface area contributed by atoms with Gasteiger partial charge in [-0.25, -0.2) is 0 Å². The molecule has 170 valence electrons. The summed E-state index contributed by atoms with van der Waals surface area (Å²) in [4.78, 5) is 2.24. The molecule has 0 radical (unpaired) electrons. The fourth-order valence-corrected chi connectivity index (χ4v) is 5.63. The van der Waals surface area contributed by atoms with E-state index in [1.165, 1.54) is 27.6 Å². The van der Waals surface area contributed by atoms with E-state index in [9.17, 15) is 0 Å². The maximum Gasteiger partial charge on any atom is 0.188 e. The second-order valence-corrected chi connectivity index (χ2v) is 10.6. The Morgan fingerprint density at radius 3 is 2.25 bits per heavy atom. The Hall–Kier alpha value is -2.19. The molecule has 0 aliphatic heterocycles. The molecule has 32 heavy (non-hydrogen) atoms. The number of benzene rings is 3. The Kier molecular flexibility index (Phi) is 8.87. The number of methoxy groups -OCH3 is 1. The third-order valence-electron chi connectivity index (χ3n) is 5.87. The molecule has 0 N–H and O–H groups in total. The highest BCUT2D eigenvalue weighted by molar-refractivity contribution is 7.48. The van der Waals surface area contributed by atoms with Crippen molar-refractivity contribution >= 4 is 13.9 Å². The average molecular weight is 450 g/mol. The topological polar surface area (TPSA) is 21.7 Å².